The zero-order chi connectivity index (χ0) is 14.3. The van der Waals surface area contributed by atoms with Gasteiger partial charge in [-0.3, -0.25) is 14.9 Å². The summed E-state index contributed by atoms with van der Waals surface area (Å²) in [5.74, 6) is 0.105. The fourth-order valence-electron chi connectivity index (χ4n) is 2.88. The van der Waals surface area contributed by atoms with Crippen LogP contribution in [0.1, 0.15) is 30.2 Å². The van der Waals surface area contributed by atoms with E-state index in [0.29, 0.717) is 12.4 Å². The summed E-state index contributed by atoms with van der Waals surface area (Å²) < 4.78 is 0. The molecular formula is C14H18N4O2. The molecule has 1 saturated heterocycles. The number of hydrogen-bond donors (Lipinski definition) is 2. The zero-order valence-corrected chi connectivity index (χ0v) is 11.5. The van der Waals surface area contributed by atoms with Gasteiger partial charge in [-0.15, -0.1) is 0 Å². The van der Waals surface area contributed by atoms with Crippen molar-refractivity contribution in [3.8, 4) is 0 Å². The molecule has 3 rings (SSSR count). The number of piperazine rings is 1. The average Bonchev–Trinajstić information content (AvgIpc) is 2.88. The fraction of sp³-hybridized carbons (Fsp3) is 0.500. The molecule has 1 fully saturated rings. The first-order valence-corrected chi connectivity index (χ1v) is 6.92. The van der Waals surface area contributed by atoms with Gasteiger partial charge in [0.2, 0.25) is 11.8 Å². The highest BCUT2D eigenvalue weighted by Crippen LogP contribution is 2.28. The second kappa shape index (κ2) is 4.86. The summed E-state index contributed by atoms with van der Waals surface area (Å²) in [7, 11) is 0. The predicted molar refractivity (Wildman–Crippen MR) is 74.1 cm³/mol. The molecule has 3 N–H and O–H groups in total. The molecule has 0 radical (unpaired) electrons. The van der Waals surface area contributed by atoms with Crippen molar-refractivity contribution < 1.29 is 9.59 Å². The van der Waals surface area contributed by atoms with Crippen LogP contribution in [-0.2, 0) is 29.0 Å². The lowest BCUT2D eigenvalue weighted by atomic mass is 10.1. The molecule has 6 heteroatoms. The SMILES string of the molecule is CC1C(=O)NC(=O)CN1c1nc2c(cc1CN)CCC2. The first-order chi connectivity index (χ1) is 9.60. The van der Waals surface area contributed by atoms with Gasteiger partial charge in [-0.2, -0.15) is 0 Å². The molecule has 6 nitrogen and oxygen atoms in total. The van der Waals surface area contributed by atoms with Gasteiger partial charge in [0.1, 0.15) is 11.9 Å². The van der Waals surface area contributed by atoms with Crippen LogP contribution < -0.4 is 16.0 Å². The molecule has 2 heterocycles. The van der Waals surface area contributed by atoms with E-state index in [-0.39, 0.29) is 18.4 Å². The van der Waals surface area contributed by atoms with Gasteiger partial charge in [-0.1, -0.05) is 0 Å². The number of aryl methyl sites for hydroxylation is 2. The summed E-state index contributed by atoms with van der Waals surface area (Å²) in [4.78, 5) is 29.8. The molecule has 1 unspecified atom stereocenters. The number of nitrogens with zero attached hydrogens (tertiary/aromatic N) is 2. The Balaban J connectivity index is 2.04. The quantitative estimate of drug-likeness (QED) is 0.734. The molecule has 1 aliphatic carbocycles. The molecule has 0 saturated carbocycles. The highest BCUT2D eigenvalue weighted by atomic mass is 16.2. The predicted octanol–water partition coefficient (Wildman–Crippen LogP) is -0.120. The standard InChI is InChI=1S/C14H18N4O2/c1-8-14(20)17-12(19)7-18(8)13-10(6-15)5-9-3-2-4-11(9)16-13/h5,8H,2-4,6-7,15H2,1H3,(H,17,19,20). The largest absolute Gasteiger partial charge is 0.335 e. The number of carbonyl (C=O) groups is 2. The van der Waals surface area contributed by atoms with E-state index in [2.05, 4.69) is 16.4 Å². The van der Waals surface area contributed by atoms with E-state index < -0.39 is 6.04 Å². The molecule has 1 atom stereocenters. The Morgan fingerprint density at radius 1 is 1.45 bits per heavy atom. The Bertz CT molecular complexity index is 585. The van der Waals surface area contributed by atoms with Crippen LogP contribution in [0.2, 0.25) is 0 Å². The normalized spacial score (nSPS) is 21.9. The van der Waals surface area contributed by atoms with Gasteiger partial charge in [0, 0.05) is 17.8 Å². The van der Waals surface area contributed by atoms with E-state index in [1.165, 1.54) is 5.56 Å². The second-order valence-corrected chi connectivity index (χ2v) is 5.35. The second-order valence-electron chi connectivity index (χ2n) is 5.35. The number of rotatable bonds is 2. The molecular weight excluding hydrogens is 256 g/mol. The van der Waals surface area contributed by atoms with Gasteiger partial charge in [-0.25, -0.2) is 4.98 Å². The number of aromatic nitrogens is 1. The van der Waals surface area contributed by atoms with Crippen LogP contribution in [0.25, 0.3) is 0 Å². The Morgan fingerprint density at radius 2 is 2.25 bits per heavy atom. The molecule has 2 amide bonds. The number of imide groups is 1. The fourth-order valence-corrected chi connectivity index (χ4v) is 2.88. The number of fused-ring (bicyclic) bond motifs is 1. The van der Waals surface area contributed by atoms with E-state index >= 15 is 0 Å². The topological polar surface area (TPSA) is 88.3 Å². The number of pyridine rings is 1. The minimum absolute atomic E-state index is 0.145. The van der Waals surface area contributed by atoms with E-state index in [0.717, 1.165) is 30.5 Å². The van der Waals surface area contributed by atoms with E-state index in [1.807, 2.05) is 0 Å². The van der Waals surface area contributed by atoms with Gasteiger partial charge in [0.15, 0.2) is 0 Å². The van der Waals surface area contributed by atoms with Gasteiger partial charge in [-0.05, 0) is 37.8 Å². The molecule has 1 aliphatic heterocycles. The maximum atomic E-state index is 11.8. The smallest absolute Gasteiger partial charge is 0.249 e. The van der Waals surface area contributed by atoms with Crippen LogP contribution in [0.3, 0.4) is 0 Å². The van der Waals surface area contributed by atoms with Crippen molar-refractivity contribution in [1.29, 1.82) is 0 Å². The van der Waals surface area contributed by atoms with Crippen LogP contribution >= 0.6 is 0 Å². The van der Waals surface area contributed by atoms with E-state index in [9.17, 15) is 9.59 Å². The third-order valence-electron chi connectivity index (χ3n) is 4.02. The maximum absolute atomic E-state index is 11.8. The van der Waals surface area contributed by atoms with Gasteiger partial charge in [0.05, 0.1) is 6.54 Å². The highest BCUT2D eigenvalue weighted by Gasteiger charge is 2.33. The van der Waals surface area contributed by atoms with Gasteiger partial charge >= 0.3 is 0 Å². The van der Waals surface area contributed by atoms with Crippen LogP contribution in [0.4, 0.5) is 5.82 Å². The molecule has 0 bridgehead atoms. The molecule has 0 spiro atoms. The zero-order valence-electron chi connectivity index (χ0n) is 11.5. The minimum Gasteiger partial charge on any atom is -0.335 e. The Hall–Kier alpha value is -1.95. The summed E-state index contributed by atoms with van der Waals surface area (Å²) in [5.41, 5.74) is 9.03. The lowest BCUT2D eigenvalue weighted by molar-refractivity contribution is -0.132. The van der Waals surface area contributed by atoms with Crippen molar-refractivity contribution >= 4 is 17.6 Å². The lowest BCUT2D eigenvalue weighted by Crippen LogP contribution is -2.57. The molecule has 106 valence electrons. The van der Waals surface area contributed by atoms with Gasteiger partial charge in [0.25, 0.3) is 0 Å². The van der Waals surface area contributed by atoms with Crippen molar-refractivity contribution in [2.45, 2.75) is 38.8 Å². The number of anilines is 1. The Kier molecular flexibility index (Phi) is 3.17. The number of nitrogens with one attached hydrogen (secondary N) is 1. The van der Waals surface area contributed by atoms with Crippen molar-refractivity contribution in [2.75, 3.05) is 11.4 Å². The van der Waals surface area contributed by atoms with E-state index in [4.69, 9.17) is 5.73 Å². The number of amides is 2. The first kappa shape index (κ1) is 13.1. The monoisotopic (exact) mass is 274 g/mol. The Labute approximate surface area is 117 Å². The van der Waals surface area contributed by atoms with Crippen molar-refractivity contribution in [1.82, 2.24) is 10.3 Å². The lowest BCUT2D eigenvalue weighted by Gasteiger charge is -2.34. The Morgan fingerprint density at radius 3 is 3.00 bits per heavy atom. The number of carbonyl (C=O) groups excluding carboxylic acids is 2. The van der Waals surface area contributed by atoms with Crippen molar-refractivity contribution in [3.63, 3.8) is 0 Å². The summed E-state index contributed by atoms with van der Waals surface area (Å²) in [5, 5.41) is 2.34. The highest BCUT2D eigenvalue weighted by molar-refractivity contribution is 6.04. The van der Waals surface area contributed by atoms with E-state index in [1.54, 1.807) is 11.8 Å². The molecule has 2 aliphatic rings. The number of hydrogen-bond acceptors (Lipinski definition) is 5. The number of nitrogens with two attached hydrogens (primary N) is 1. The van der Waals surface area contributed by atoms with Gasteiger partial charge < -0.3 is 10.6 Å². The van der Waals surface area contributed by atoms with Crippen molar-refractivity contribution in [2.24, 2.45) is 5.73 Å². The minimum atomic E-state index is -0.412. The summed E-state index contributed by atoms with van der Waals surface area (Å²) in [6.45, 7) is 2.28. The van der Waals surface area contributed by atoms with Crippen molar-refractivity contribution in [3.05, 3.63) is 22.9 Å². The average molecular weight is 274 g/mol. The molecule has 0 aromatic carbocycles. The summed E-state index contributed by atoms with van der Waals surface area (Å²) in [6, 6.07) is 1.67. The molecule has 1 aromatic heterocycles. The van der Waals surface area contributed by atoms with Crippen LogP contribution in [-0.4, -0.2) is 29.4 Å². The third-order valence-corrected chi connectivity index (χ3v) is 4.02. The van der Waals surface area contributed by atoms with Crippen LogP contribution in [0.5, 0.6) is 0 Å². The van der Waals surface area contributed by atoms with Crippen LogP contribution in [0, 0.1) is 0 Å². The summed E-state index contributed by atoms with van der Waals surface area (Å²) in [6.07, 6.45) is 3.09. The first-order valence-electron chi connectivity index (χ1n) is 6.92. The summed E-state index contributed by atoms with van der Waals surface area (Å²) >= 11 is 0. The molecule has 1 aromatic rings. The van der Waals surface area contributed by atoms with Crippen LogP contribution in [0.15, 0.2) is 6.07 Å². The molecule has 20 heavy (non-hydrogen) atoms. The maximum Gasteiger partial charge on any atom is 0.249 e. The third kappa shape index (κ3) is 2.06.